The predicted octanol–water partition coefficient (Wildman–Crippen LogP) is 4.16. The molecular formula is C19H20N2O2. The second kappa shape index (κ2) is 8.50. The molecule has 4 nitrogen and oxygen atoms in total. The summed E-state index contributed by atoms with van der Waals surface area (Å²) in [6.45, 7) is 2.51. The summed E-state index contributed by atoms with van der Waals surface area (Å²) < 4.78 is 10.8. The Kier molecular flexibility index (Phi) is 6.07. The van der Waals surface area contributed by atoms with E-state index >= 15 is 0 Å². The van der Waals surface area contributed by atoms with Crippen LogP contribution in [0.2, 0.25) is 0 Å². The smallest absolute Gasteiger partial charge is 0.161 e. The lowest BCUT2D eigenvalue weighted by molar-refractivity contribution is 0.310. The van der Waals surface area contributed by atoms with E-state index in [1.54, 1.807) is 13.3 Å². The molecule has 23 heavy (non-hydrogen) atoms. The van der Waals surface area contributed by atoms with E-state index in [0.717, 1.165) is 11.3 Å². The number of allylic oxidation sites excluding steroid dienone is 1. The fraction of sp³-hybridized carbons (Fsp3) is 0.211. The third-order valence-electron chi connectivity index (χ3n) is 3.25. The second-order valence-electron chi connectivity index (χ2n) is 4.89. The molecule has 2 aromatic carbocycles. The number of methoxy groups -OCH3 is 1. The van der Waals surface area contributed by atoms with Crippen molar-refractivity contribution < 1.29 is 9.47 Å². The van der Waals surface area contributed by atoms with Crippen LogP contribution in [0.25, 0.3) is 0 Å². The Bertz CT molecular complexity index is 703. The fourth-order valence-corrected chi connectivity index (χ4v) is 2.14. The van der Waals surface area contributed by atoms with E-state index in [2.05, 4.69) is 11.4 Å². The van der Waals surface area contributed by atoms with Crippen LogP contribution in [0.1, 0.15) is 12.5 Å². The highest BCUT2D eigenvalue weighted by Crippen LogP contribution is 2.28. The van der Waals surface area contributed by atoms with Gasteiger partial charge in [-0.3, -0.25) is 0 Å². The Labute approximate surface area is 137 Å². The van der Waals surface area contributed by atoms with Crippen molar-refractivity contribution in [3.8, 4) is 17.6 Å². The monoisotopic (exact) mass is 308 g/mol. The number of rotatable bonds is 7. The summed E-state index contributed by atoms with van der Waals surface area (Å²) in [6.07, 6.45) is 2.26. The van der Waals surface area contributed by atoms with Crippen LogP contribution >= 0.6 is 0 Å². The summed E-state index contributed by atoms with van der Waals surface area (Å²) in [6, 6.07) is 17.7. The van der Waals surface area contributed by atoms with Crippen molar-refractivity contribution in [3.05, 3.63) is 65.9 Å². The highest BCUT2D eigenvalue weighted by atomic mass is 16.5. The molecule has 0 saturated carbocycles. The number of anilines is 1. The molecule has 0 radical (unpaired) electrons. The van der Waals surface area contributed by atoms with Crippen molar-refractivity contribution in [1.29, 1.82) is 5.26 Å². The second-order valence-corrected chi connectivity index (χ2v) is 4.89. The molecule has 0 saturated heterocycles. The average molecular weight is 308 g/mol. The standard InChI is InChI=1S/C19H20N2O2/c1-3-23-18-10-9-15(12-19(18)22-2)11-16(13-20)14-21-17-7-5-4-6-8-17/h4-10,12,14,21H,3,11H2,1-2H3. The van der Waals surface area contributed by atoms with Gasteiger partial charge in [-0.2, -0.15) is 5.26 Å². The number of hydrogen-bond acceptors (Lipinski definition) is 4. The van der Waals surface area contributed by atoms with E-state index in [1.165, 1.54) is 0 Å². The zero-order valence-corrected chi connectivity index (χ0v) is 13.4. The summed E-state index contributed by atoms with van der Waals surface area (Å²) in [4.78, 5) is 0. The maximum absolute atomic E-state index is 9.32. The first-order chi connectivity index (χ1) is 11.3. The van der Waals surface area contributed by atoms with Gasteiger partial charge in [0.25, 0.3) is 0 Å². The minimum Gasteiger partial charge on any atom is -0.493 e. The third-order valence-corrected chi connectivity index (χ3v) is 3.25. The van der Waals surface area contributed by atoms with E-state index in [4.69, 9.17) is 9.47 Å². The van der Waals surface area contributed by atoms with Crippen LogP contribution < -0.4 is 14.8 Å². The van der Waals surface area contributed by atoms with Crippen LogP contribution in [-0.2, 0) is 6.42 Å². The predicted molar refractivity (Wildman–Crippen MR) is 91.6 cm³/mol. The molecule has 0 heterocycles. The first-order valence-corrected chi connectivity index (χ1v) is 7.47. The van der Waals surface area contributed by atoms with Crippen molar-refractivity contribution in [2.75, 3.05) is 19.0 Å². The number of hydrogen-bond donors (Lipinski definition) is 1. The van der Waals surface area contributed by atoms with Crippen LogP contribution in [0.15, 0.2) is 60.3 Å². The van der Waals surface area contributed by atoms with Crippen LogP contribution in [0.4, 0.5) is 5.69 Å². The van der Waals surface area contributed by atoms with E-state index in [1.807, 2.05) is 55.5 Å². The van der Waals surface area contributed by atoms with Crippen LogP contribution in [-0.4, -0.2) is 13.7 Å². The van der Waals surface area contributed by atoms with Gasteiger partial charge >= 0.3 is 0 Å². The van der Waals surface area contributed by atoms with E-state index in [-0.39, 0.29) is 0 Å². The number of benzene rings is 2. The first-order valence-electron chi connectivity index (χ1n) is 7.47. The molecule has 0 aromatic heterocycles. The van der Waals surface area contributed by atoms with Crippen molar-refractivity contribution in [3.63, 3.8) is 0 Å². The fourth-order valence-electron chi connectivity index (χ4n) is 2.14. The largest absolute Gasteiger partial charge is 0.493 e. The molecule has 0 spiro atoms. The van der Waals surface area contributed by atoms with Gasteiger partial charge in [-0.05, 0) is 36.8 Å². The molecule has 0 aliphatic heterocycles. The highest BCUT2D eigenvalue weighted by Gasteiger charge is 2.07. The van der Waals surface area contributed by atoms with Crippen molar-refractivity contribution >= 4 is 5.69 Å². The maximum Gasteiger partial charge on any atom is 0.161 e. The third kappa shape index (κ3) is 4.79. The SMILES string of the molecule is CCOc1ccc(CC(C#N)=CNc2ccccc2)cc1OC. The zero-order valence-electron chi connectivity index (χ0n) is 13.4. The molecule has 118 valence electrons. The van der Waals surface area contributed by atoms with Crippen molar-refractivity contribution in [2.24, 2.45) is 0 Å². The summed E-state index contributed by atoms with van der Waals surface area (Å²) in [5, 5.41) is 12.5. The van der Waals surface area contributed by atoms with E-state index in [0.29, 0.717) is 30.1 Å². The molecule has 1 N–H and O–H groups in total. The molecule has 2 rings (SSSR count). The van der Waals surface area contributed by atoms with Gasteiger partial charge in [-0.15, -0.1) is 0 Å². The summed E-state index contributed by atoms with van der Waals surface area (Å²) >= 11 is 0. The van der Waals surface area contributed by atoms with Gasteiger partial charge in [0.2, 0.25) is 0 Å². The number of nitrogens with zero attached hydrogens (tertiary/aromatic N) is 1. The number of para-hydroxylation sites is 1. The lowest BCUT2D eigenvalue weighted by Crippen LogP contribution is -1.98. The Morgan fingerprint density at radius 1 is 1.17 bits per heavy atom. The number of nitriles is 1. The molecular weight excluding hydrogens is 288 g/mol. The Hall–Kier alpha value is -2.93. The van der Waals surface area contributed by atoms with Gasteiger partial charge in [0, 0.05) is 23.9 Å². The topological polar surface area (TPSA) is 54.3 Å². The Morgan fingerprint density at radius 3 is 2.61 bits per heavy atom. The van der Waals surface area contributed by atoms with Crippen LogP contribution in [0, 0.1) is 11.3 Å². The first kappa shape index (κ1) is 16.4. The lowest BCUT2D eigenvalue weighted by atomic mass is 10.1. The molecule has 0 aliphatic rings. The van der Waals surface area contributed by atoms with Gasteiger partial charge in [0.1, 0.15) is 0 Å². The summed E-state index contributed by atoms with van der Waals surface area (Å²) in [5.74, 6) is 1.39. The van der Waals surface area contributed by atoms with Gasteiger partial charge in [-0.1, -0.05) is 24.3 Å². The normalized spacial score (nSPS) is 10.7. The Balaban J connectivity index is 2.11. The minimum absolute atomic E-state index is 0.527. The highest BCUT2D eigenvalue weighted by molar-refractivity contribution is 5.48. The van der Waals surface area contributed by atoms with Crippen LogP contribution in [0.5, 0.6) is 11.5 Å². The molecule has 0 amide bonds. The van der Waals surface area contributed by atoms with Gasteiger partial charge in [0.05, 0.1) is 19.8 Å². The van der Waals surface area contributed by atoms with E-state index < -0.39 is 0 Å². The molecule has 4 heteroatoms. The zero-order chi connectivity index (χ0) is 16.5. The molecule has 0 unspecified atom stereocenters. The molecule has 0 atom stereocenters. The molecule has 0 aliphatic carbocycles. The maximum atomic E-state index is 9.32. The molecule has 0 bridgehead atoms. The van der Waals surface area contributed by atoms with Gasteiger partial charge in [-0.25, -0.2) is 0 Å². The van der Waals surface area contributed by atoms with Crippen molar-refractivity contribution in [2.45, 2.75) is 13.3 Å². The van der Waals surface area contributed by atoms with Gasteiger partial charge in [0.15, 0.2) is 11.5 Å². The lowest BCUT2D eigenvalue weighted by Gasteiger charge is -2.11. The number of nitrogens with one attached hydrogen (secondary N) is 1. The van der Waals surface area contributed by atoms with Crippen molar-refractivity contribution in [1.82, 2.24) is 0 Å². The Morgan fingerprint density at radius 2 is 1.96 bits per heavy atom. The number of ether oxygens (including phenoxy) is 2. The minimum atomic E-state index is 0.527. The quantitative estimate of drug-likeness (QED) is 0.780. The average Bonchev–Trinajstić information content (AvgIpc) is 2.60. The summed E-state index contributed by atoms with van der Waals surface area (Å²) in [5.41, 5.74) is 2.58. The van der Waals surface area contributed by atoms with Gasteiger partial charge < -0.3 is 14.8 Å². The van der Waals surface area contributed by atoms with E-state index in [9.17, 15) is 5.26 Å². The molecule has 2 aromatic rings. The van der Waals surface area contributed by atoms with Crippen LogP contribution in [0.3, 0.4) is 0 Å². The summed E-state index contributed by atoms with van der Waals surface area (Å²) in [7, 11) is 1.61. The molecule has 0 fully saturated rings.